The van der Waals surface area contributed by atoms with Crippen LogP contribution in [0, 0.1) is 17.3 Å². The summed E-state index contributed by atoms with van der Waals surface area (Å²) in [7, 11) is 7.10. The highest BCUT2D eigenvalue weighted by atomic mass is 19.3. The molecule has 9 rings (SSSR count). The number of nitrogens with zero attached hydrogens (tertiary/aromatic N) is 3. The van der Waals surface area contributed by atoms with E-state index in [1.54, 1.807) is 13.1 Å². The second-order valence-corrected chi connectivity index (χ2v) is 19.2. The third-order valence-corrected chi connectivity index (χ3v) is 16.1. The molecule has 3 fully saturated rings. The van der Waals surface area contributed by atoms with Gasteiger partial charge in [0.05, 0.1) is 34.5 Å². The predicted molar refractivity (Wildman–Crippen MR) is 235 cm³/mol. The lowest BCUT2D eigenvalue weighted by Crippen LogP contribution is -2.81. The van der Waals surface area contributed by atoms with E-state index < -0.39 is 81.8 Å². The molecular formula is C48H59F2N5O10. The Morgan fingerprint density at radius 2 is 1.74 bits per heavy atom. The number of likely N-dealkylation sites (N-methyl/N-ethyl adjacent to an activating group) is 1. The zero-order valence-corrected chi connectivity index (χ0v) is 38.2. The average Bonchev–Trinajstić information content (AvgIpc) is 3.94. The maximum atomic E-state index is 15.5. The smallest absolute Gasteiger partial charge is 0.411 e. The van der Waals surface area contributed by atoms with E-state index >= 15 is 13.6 Å². The van der Waals surface area contributed by atoms with Gasteiger partial charge < -0.3 is 43.6 Å². The number of methoxy groups -OCH3 is 4. The van der Waals surface area contributed by atoms with Crippen LogP contribution >= 0.6 is 0 Å². The Hall–Kier alpha value is -5.26. The molecule has 10 atom stereocenters. The van der Waals surface area contributed by atoms with Crippen molar-refractivity contribution in [3.8, 4) is 5.75 Å². The van der Waals surface area contributed by atoms with E-state index in [2.05, 4.69) is 20.1 Å². The number of hydrogen-bond donors (Lipinski definition) is 3. The quantitative estimate of drug-likeness (QED) is 0.151. The van der Waals surface area contributed by atoms with Crippen molar-refractivity contribution in [1.82, 2.24) is 14.8 Å². The number of fused-ring (bicyclic) bond motifs is 6. The first-order valence-corrected chi connectivity index (χ1v) is 22.4. The van der Waals surface area contributed by atoms with Crippen LogP contribution in [0.25, 0.3) is 10.9 Å². The fraction of sp³-hybridized carbons (Fsp3) is 0.583. The molecule has 2 bridgehead atoms. The van der Waals surface area contributed by atoms with Crippen molar-refractivity contribution in [2.45, 2.75) is 93.4 Å². The van der Waals surface area contributed by atoms with Gasteiger partial charge in [-0.3, -0.25) is 19.8 Å². The van der Waals surface area contributed by atoms with Crippen molar-refractivity contribution < 1.29 is 56.7 Å². The minimum atomic E-state index is -2.99. The van der Waals surface area contributed by atoms with E-state index in [0.717, 1.165) is 23.4 Å². The standard InChI is InChI=1S/C48H59F2N5O10/c1-9-45-14-10-16-55-18-15-46(38(45)55)32-21-33(36(61-5)22-35(32)53(4)39(46)48(60,42(58)63-7)40(45)65-26(2)56)47(41(57)62-6)23-27-19-28(44(3,49)50)25-54(24-27)17-13-30-31-20-29(51-43(59)64-8)11-12-34(31)52-37(30)47/h10-12,14,20-22,27-28,38-40,52,60H,9,13,15-19,23-25H2,1-8H3,(H,51,59)/t27-,28-,38+,39-,40-,45-,46-,47+,48+/m1/s1. The molecule has 5 aliphatic heterocycles. The van der Waals surface area contributed by atoms with Gasteiger partial charge in [-0.1, -0.05) is 19.1 Å². The fourth-order valence-electron chi connectivity index (χ4n) is 13.7. The zero-order chi connectivity index (χ0) is 46.6. The number of ether oxygens (including phenoxy) is 5. The van der Waals surface area contributed by atoms with Crippen LogP contribution in [0.2, 0.25) is 0 Å². The Bertz CT molecular complexity index is 2490. The molecule has 3 aromatic rings. The monoisotopic (exact) mass is 903 g/mol. The van der Waals surface area contributed by atoms with Crippen LogP contribution in [0.15, 0.2) is 42.5 Å². The Balaban J connectivity index is 1.35. The van der Waals surface area contributed by atoms with Crippen LogP contribution in [0.5, 0.6) is 5.75 Å². The first kappa shape index (κ1) is 44.9. The molecule has 17 heteroatoms. The van der Waals surface area contributed by atoms with Crippen molar-refractivity contribution in [2.24, 2.45) is 17.3 Å². The lowest BCUT2D eigenvalue weighted by atomic mass is 9.47. The molecule has 350 valence electrons. The minimum absolute atomic E-state index is 0.0646. The van der Waals surface area contributed by atoms with E-state index in [1.165, 1.54) is 35.4 Å². The number of benzene rings is 2. The lowest BCUT2D eigenvalue weighted by Gasteiger charge is -2.63. The molecule has 6 heterocycles. The van der Waals surface area contributed by atoms with E-state index in [4.69, 9.17) is 23.7 Å². The summed E-state index contributed by atoms with van der Waals surface area (Å²) in [5, 5.41) is 16.8. The first-order valence-electron chi connectivity index (χ1n) is 22.4. The van der Waals surface area contributed by atoms with Gasteiger partial charge in [0, 0.05) is 103 Å². The van der Waals surface area contributed by atoms with Gasteiger partial charge in [-0.15, -0.1) is 0 Å². The molecule has 2 saturated heterocycles. The molecule has 6 aliphatic rings. The number of aliphatic hydroxyl groups is 1. The number of nitrogens with one attached hydrogen (secondary N) is 2. The van der Waals surface area contributed by atoms with E-state index in [-0.39, 0.29) is 19.4 Å². The van der Waals surface area contributed by atoms with Gasteiger partial charge in [0.1, 0.15) is 11.2 Å². The van der Waals surface area contributed by atoms with Crippen molar-refractivity contribution in [3.63, 3.8) is 0 Å². The average molecular weight is 904 g/mol. The summed E-state index contributed by atoms with van der Waals surface area (Å²) >= 11 is 0. The SMILES string of the molecule is CC[C@]12C=CCN3CC[C@@]4(c5cc([C@@]6(C(=O)OC)C[C@H]7C[C@@H](C(C)(F)F)CN(CCc8c6[nH]c6ccc(NC(=O)OC)cc86)C7)c(OC)cc5N(C)[C@H]4[C@@](O)(C(=O)OC)[C@@H]1OC(C)=O)[C@@H]32. The number of esters is 3. The number of halogens is 2. The van der Waals surface area contributed by atoms with E-state index in [0.29, 0.717) is 79.3 Å². The van der Waals surface area contributed by atoms with Crippen molar-refractivity contribution >= 4 is 46.3 Å². The normalized spacial score (nSPS) is 33.6. The Kier molecular flexibility index (Phi) is 10.8. The summed E-state index contributed by atoms with van der Waals surface area (Å²) in [5.41, 5.74) is -1.98. The number of carbonyl (C=O) groups excluding carboxylic acids is 4. The van der Waals surface area contributed by atoms with Crippen molar-refractivity contribution in [1.29, 1.82) is 0 Å². The summed E-state index contributed by atoms with van der Waals surface area (Å²) in [5.74, 6) is -6.32. The summed E-state index contributed by atoms with van der Waals surface area (Å²) in [6.07, 6.45) is 3.42. The van der Waals surface area contributed by atoms with Crippen LogP contribution in [0.4, 0.5) is 25.0 Å². The van der Waals surface area contributed by atoms with Crippen LogP contribution in [0.1, 0.15) is 68.8 Å². The number of alkyl halides is 2. The number of amides is 1. The molecule has 1 saturated carbocycles. The lowest BCUT2D eigenvalue weighted by molar-refractivity contribution is -0.228. The fourth-order valence-corrected chi connectivity index (χ4v) is 13.7. The third-order valence-electron chi connectivity index (χ3n) is 16.1. The highest BCUT2D eigenvalue weighted by Crippen LogP contribution is 2.68. The topological polar surface area (TPSA) is 172 Å². The number of hydrogen-bond acceptors (Lipinski definition) is 13. The first-order chi connectivity index (χ1) is 30.9. The maximum Gasteiger partial charge on any atom is 0.411 e. The molecule has 1 amide bonds. The van der Waals surface area contributed by atoms with Gasteiger partial charge in [0.15, 0.2) is 6.10 Å². The van der Waals surface area contributed by atoms with Gasteiger partial charge in [-0.2, -0.15) is 0 Å². The van der Waals surface area contributed by atoms with Gasteiger partial charge in [-0.25, -0.2) is 18.4 Å². The molecule has 2 aromatic carbocycles. The zero-order valence-electron chi connectivity index (χ0n) is 38.2. The second-order valence-electron chi connectivity index (χ2n) is 19.2. The molecule has 0 radical (unpaired) electrons. The number of H-pyrrole nitrogens is 1. The largest absolute Gasteiger partial charge is 0.496 e. The second kappa shape index (κ2) is 15.7. The highest BCUT2D eigenvalue weighted by Gasteiger charge is 2.80. The molecule has 1 spiro atoms. The third kappa shape index (κ3) is 6.26. The Labute approximate surface area is 376 Å². The molecule has 3 N–H and O–H groups in total. The number of carbonyl (C=O) groups is 4. The molecule has 1 aromatic heterocycles. The van der Waals surface area contributed by atoms with Crippen molar-refractivity contribution in [2.75, 3.05) is 78.4 Å². The van der Waals surface area contributed by atoms with Crippen molar-refractivity contribution in [3.05, 3.63) is 64.9 Å². The molecular weight excluding hydrogens is 845 g/mol. The molecule has 15 nitrogen and oxygen atoms in total. The summed E-state index contributed by atoms with van der Waals surface area (Å²) in [6, 6.07) is 7.72. The Morgan fingerprint density at radius 3 is 2.40 bits per heavy atom. The number of aromatic nitrogens is 1. The highest BCUT2D eigenvalue weighted by molar-refractivity contribution is 5.97. The van der Waals surface area contributed by atoms with Gasteiger partial charge in [-0.05, 0) is 86.9 Å². The van der Waals surface area contributed by atoms with Crippen LogP contribution in [-0.2, 0) is 50.6 Å². The number of piperidine rings is 1. The van der Waals surface area contributed by atoms with Gasteiger partial charge in [0.2, 0.25) is 11.5 Å². The van der Waals surface area contributed by atoms with E-state index in [9.17, 15) is 19.5 Å². The van der Waals surface area contributed by atoms with Gasteiger partial charge >= 0.3 is 24.0 Å². The minimum Gasteiger partial charge on any atom is -0.496 e. The predicted octanol–water partition coefficient (Wildman–Crippen LogP) is 5.30. The Morgan fingerprint density at radius 1 is 0.985 bits per heavy atom. The number of aromatic amines is 1. The summed E-state index contributed by atoms with van der Waals surface area (Å²) < 4.78 is 59.7. The number of rotatable bonds is 8. The van der Waals surface area contributed by atoms with Crippen LogP contribution in [0.3, 0.4) is 0 Å². The molecule has 1 aliphatic carbocycles. The van der Waals surface area contributed by atoms with Crippen LogP contribution in [-0.4, -0.2) is 142 Å². The van der Waals surface area contributed by atoms with Gasteiger partial charge in [0.25, 0.3) is 0 Å². The summed E-state index contributed by atoms with van der Waals surface area (Å²) in [6.45, 7) is 6.39. The molecule has 1 unspecified atom stereocenters. The molecule has 65 heavy (non-hydrogen) atoms. The van der Waals surface area contributed by atoms with Crippen LogP contribution < -0.4 is 15.0 Å². The number of anilines is 2. The maximum absolute atomic E-state index is 15.5. The van der Waals surface area contributed by atoms with E-state index in [1.807, 2.05) is 48.2 Å². The summed E-state index contributed by atoms with van der Waals surface area (Å²) in [4.78, 5) is 65.3.